The second-order valence-corrected chi connectivity index (χ2v) is 5.32. The van der Waals surface area contributed by atoms with Crippen molar-refractivity contribution in [1.29, 1.82) is 0 Å². The predicted octanol–water partition coefficient (Wildman–Crippen LogP) is 3.69. The second kappa shape index (κ2) is 5.79. The van der Waals surface area contributed by atoms with Crippen LogP contribution in [0.4, 0.5) is 8.78 Å². The first-order valence-electron chi connectivity index (χ1n) is 6.72. The van der Waals surface area contributed by atoms with E-state index in [0.29, 0.717) is 5.92 Å². The lowest BCUT2D eigenvalue weighted by Crippen LogP contribution is -2.22. The molecule has 1 aromatic rings. The molecule has 1 fully saturated rings. The van der Waals surface area contributed by atoms with Gasteiger partial charge in [0.05, 0.1) is 6.10 Å². The van der Waals surface area contributed by atoms with Gasteiger partial charge in [-0.05, 0) is 36.8 Å². The van der Waals surface area contributed by atoms with E-state index in [9.17, 15) is 13.9 Å². The van der Waals surface area contributed by atoms with E-state index in [1.165, 1.54) is 18.2 Å². The average molecular weight is 254 g/mol. The number of halogens is 2. The molecule has 0 spiro atoms. The summed E-state index contributed by atoms with van der Waals surface area (Å²) in [6.45, 7) is 2.15. The van der Waals surface area contributed by atoms with Crippen molar-refractivity contribution < 1.29 is 13.9 Å². The zero-order valence-corrected chi connectivity index (χ0v) is 10.7. The standard InChI is InChI=1S/C15H20F2O/c1-2-10-6-7-11(8-10)15(18)9-12-13(16)4-3-5-14(12)17/h3-5,10-11,15,18H,2,6-9H2,1H3. The molecular weight excluding hydrogens is 234 g/mol. The minimum absolute atomic E-state index is 0.0185. The van der Waals surface area contributed by atoms with Crippen molar-refractivity contribution in [3.63, 3.8) is 0 Å². The minimum atomic E-state index is -0.632. The highest BCUT2D eigenvalue weighted by atomic mass is 19.1. The summed E-state index contributed by atoms with van der Waals surface area (Å²) in [6.07, 6.45) is 3.64. The molecule has 18 heavy (non-hydrogen) atoms. The van der Waals surface area contributed by atoms with Crippen LogP contribution in [0.2, 0.25) is 0 Å². The third-order valence-corrected chi connectivity index (χ3v) is 4.18. The fourth-order valence-electron chi connectivity index (χ4n) is 2.94. The minimum Gasteiger partial charge on any atom is -0.392 e. The molecule has 1 aliphatic rings. The summed E-state index contributed by atoms with van der Waals surface area (Å²) in [7, 11) is 0. The summed E-state index contributed by atoms with van der Waals surface area (Å²) in [5.41, 5.74) is 0.0185. The Balaban J connectivity index is 2.01. The summed E-state index contributed by atoms with van der Waals surface area (Å²) in [5.74, 6) is -0.262. The molecule has 0 radical (unpaired) electrons. The summed E-state index contributed by atoms with van der Waals surface area (Å²) < 4.78 is 27.0. The zero-order valence-electron chi connectivity index (χ0n) is 10.7. The smallest absolute Gasteiger partial charge is 0.129 e. The van der Waals surface area contributed by atoms with Crippen molar-refractivity contribution in [3.8, 4) is 0 Å². The molecule has 1 saturated carbocycles. The van der Waals surface area contributed by atoms with Gasteiger partial charge < -0.3 is 5.11 Å². The summed E-state index contributed by atoms with van der Waals surface area (Å²) in [4.78, 5) is 0. The Morgan fingerprint density at radius 2 is 1.94 bits per heavy atom. The molecule has 3 heteroatoms. The van der Waals surface area contributed by atoms with Gasteiger partial charge in [0.2, 0.25) is 0 Å². The van der Waals surface area contributed by atoms with Crippen LogP contribution >= 0.6 is 0 Å². The monoisotopic (exact) mass is 254 g/mol. The van der Waals surface area contributed by atoms with Gasteiger partial charge in [0, 0.05) is 12.0 Å². The maximum atomic E-state index is 13.5. The van der Waals surface area contributed by atoms with Crippen molar-refractivity contribution in [2.75, 3.05) is 0 Å². The summed E-state index contributed by atoms with van der Waals surface area (Å²) in [6, 6.07) is 3.84. The molecule has 3 unspecified atom stereocenters. The zero-order chi connectivity index (χ0) is 13.1. The van der Waals surface area contributed by atoms with Gasteiger partial charge in [0.1, 0.15) is 11.6 Å². The number of aliphatic hydroxyl groups excluding tert-OH is 1. The van der Waals surface area contributed by atoms with Gasteiger partial charge in [-0.1, -0.05) is 25.8 Å². The first-order chi connectivity index (χ1) is 8.61. The molecule has 0 heterocycles. The van der Waals surface area contributed by atoms with Crippen LogP contribution in [-0.4, -0.2) is 11.2 Å². The average Bonchev–Trinajstić information content (AvgIpc) is 2.82. The molecule has 1 aliphatic carbocycles. The molecule has 0 aliphatic heterocycles. The highest BCUT2D eigenvalue weighted by Crippen LogP contribution is 2.36. The van der Waals surface area contributed by atoms with Crippen molar-refractivity contribution >= 4 is 0 Å². The van der Waals surface area contributed by atoms with Gasteiger partial charge >= 0.3 is 0 Å². The lowest BCUT2D eigenvalue weighted by molar-refractivity contribution is 0.106. The van der Waals surface area contributed by atoms with Gasteiger partial charge in [-0.25, -0.2) is 8.78 Å². The normalized spacial score (nSPS) is 25.3. The highest BCUT2D eigenvalue weighted by molar-refractivity contribution is 5.20. The molecule has 0 saturated heterocycles. The van der Waals surface area contributed by atoms with E-state index in [0.717, 1.165) is 25.7 Å². The maximum absolute atomic E-state index is 13.5. The van der Waals surface area contributed by atoms with Gasteiger partial charge in [-0.15, -0.1) is 0 Å². The first kappa shape index (κ1) is 13.5. The first-order valence-corrected chi connectivity index (χ1v) is 6.72. The Bertz CT molecular complexity index is 385. The van der Waals surface area contributed by atoms with E-state index in [1.54, 1.807) is 0 Å². The molecule has 1 aromatic carbocycles. The van der Waals surface area contributed by atoms with Crippen molar-refractivity contribution in [2.24, 2.45) is 11.8 Å². The number of benzene rings is 1. The molecule has 1 nitrogen and oxygen atoms in total. The third-order valence-electron chi connectivity index (χ3n) is 4.18. The quantitative estimate of drug-likeness (QED) is 0.868. The maximum Gasteiger partial charge on any atom is 0.129 e. The van der Waals surface area contributed by atoms with Gasteiger partial charge in [0.15, 0.2) is 0 Å². The molecule has 3 atom stereocenters. The lowest BCUT2D eigenvalue weighted by Gasteiger charge is -2.19. The SMILES string of the molecule is CCC1CCC(C(O)Cc2c(F)cccc2F)C1. The third kappa shape index (κ3) is 2.89. The molecule has 1 N–H and O–H groups in total. The second-order valence-electron chi connectivity index (χ2n) is 5.32. The highest BCUT2D eigenvalue weighted by Gasteiger charge is 2.29. The summed E-state index contributed by atoms with van der Waals surface area (Å²) >= 11 is 0. The molecular formula is C15H20F2O. The Kier molecular flexibility index (Phi) is 4.33. The Labute approximate surface area is 107 Å². The number of rotatable bonds is 4. The van der Waals surface area contributed by atoms with Gasteiger partial charge in [0.25, 0.3) is 0 Å². The largest absolute Gasteiger partial charge is 0.392 e. The number of aliphatic hydroxyl groups is 1. The van der Waals surface area contributed by atoms with Crippen molar-refractivity contribution in [3.05, 3.63) is 35.4 Å². The van der Waals surface area contributed by atoms with Crippen LogP contribution in [0, 0.1) is 23.5 Å². The Morgan fingerprint density at radius 1 is 1.28 bits per heavy atom. The van der Waals surface area contributed by atoms with E-state index in [-0.39, 0.29) is 17.9 Å². The van der Waals surface area contributed by atoms with Gasteiger partial charge in [-0.2, -0.15) is 0 Å². The van der Waals surface area contributed by atoms with Crippen LogP contribution in [0.5, 0.6) is 0 Å². The Hall–Kier alpha value is -0.960. The summed E-state index contributed by atoms with van der Waals surface area (Å²) in [5, 5.41) is 10.1. The van der Waals surface area contributed by atoms with Gasteiger partial charge in [-0.3, -0.25) is 0 Å². The fourth-order valence-corrected chi connectivity index (χ4v) is 2.94. The van der Waals surface area contributed by atoms with Crippen molar-refractivity contribution in [2.45, 2.75) is 45.1 Å². The molecule has 0 amide bonds. The Morgan fingerprint density at radius 3 is 2.50 bits per heavy atom. The molecule has 100 valence electrons. The predicted molar refractivity (Wildman–Crippen MR) is 67.2 cm³/mol. The lowest BCUT2D eigenvalue weighted by atomic mass is 9.93. The van der Waals surface area contributed by atoms with Crippen LogP contribution in [0.3, 0.4) is 0 Å². The van der Waals surface area contributed by atoms with Crippen LogP contribution < -0.4 is 0 Å². The number of hydrogen-bond donors (Lipinski definition) is 1. The topological polar surface area (TPSA) is 20.2 Å². The van der Waals surface area contributed by atoms with E-state index in [2.05, 4.69) is 6.92 Å². The van der Waals surface area contributed by atoms with E-state index < -0.39 is 17.7 Å². The van der Waals surface area contributed by atoms with Crippen LogP contribution in [0.15, 0.2) is 18.2 Å². The van der Waals surface area contributed by atoms with E-state index in [1.807, 2.05) is 0 Å². The van der Waals surface area contributed by atoms with Crippen molar-refractivity contribution in [1.82, 2.24) is 0 Å². The van der Waals surface area contributed by atoms with E-state index in [4.69, 9.17) is 0 Å². The van der Waals surface area contributed by atoms with Crippen LogP contribution in [0.25, 0.3) is 0 Å². The van der Waals surface area contributed by atoms with Crippen LogP contribution in [-0.2, 0) is 6.42 Å². The fraction of sp³-hybridized carbons (Fsp3) is 0.600. The number of hydrogen-bond acceptors (Lipinski definition) is 1. The molecule has 0 aromatic heterocycles. The van der Waals surface area contributed by atoms with E-state index >= 15 is 0 Å². The van der Waals surface area contributed by atoms with Crippen LogP contribution in [0.1, 0.15) is 38.2 Å². The molecule has 2 rings (SSSR count). The molecule has 0 bridgehead atoms.